The molecule has 0 aromatic heterocycles. The minimum atomic E-state index is -3.94. The highest BCUT2D eigenvalue weighted by Gasteiger charge is 2.25. The largest absolute Gasteiger partial charge is 0.481 e. The third-order valence-corrected chi connectivity index (χ3v) is 6.17. The number of aliphatic carboxylic acids is 1. The molecule has 184 valence electrons. The van der Waals surface area contributed by atoms with Gasteiger partial charge in [-0.1, -0.05) is 43.7 Å². The zero-order chi connectivity index (χ0) is 25.2. The molecule has 0 fully saturated rings. The van der Waals surface area contributed by atoms with Crippen molar-refractivity contribution in [3.05, 3.63) is 65.2 Å². The summed E-state index contributed by atoms with van der Waals surface area (Å²) in [4.78, 5) is 11.1. The van der Waals surface area contributed by atoms with E-state index in [2.05, 4.69) is 40.3 Å². The Morgan fingerprint density at radius 2 is 1.53 bits per heavy atom. The molecular weight excluding hydrogens is 450 g/mol. The van der Waals surface area contributed by atoms with E-state index in [1.165, 1.54) is 24.8 Å². The van der Waals surface area contributed by atoms with Crippen LogP contribution in [0.15, 0.2) is 48.5 Å². The molecule has 1 atom stereocenters. The molecule has 34 heavy (non-hydrogen) atoms. The predicted octanol–water partition coefficient (Wildman–Crippen LogP) is 3.61. The van der Waals surface area contributed by atoms with E-state index in [0.29, 0.717) is 16.7 Å². The SMILES string of the molecule is CCCCCc1ccc(C#Cc2ccc(NS(=O)(=O)N[C@H](CC(=O)O)C[N+](C)(C)C)cc2)cc1. The van der Waals surface area contributed by atoms with E-state index in [1.807, 2.05) is 33.3 Å². The molecule has 0 aliphatic carbocycles. The van der Waals surface area contributed by atoms with Gasteiger partial charge in [-0.2, -0.15) is 13.1 Å². The summed E-state index contributed by atoms with van der Waals surface area (Å²) in [5, 5.41) is 9.11. The van der Waals surface area contributed by atoms with Gasteiger partial charge in [-0.3, -0.25) is 9.52 Å². The average Bonchev–Trinajstić information content (AvgIpc) is 2.72. The maximum Gasteiger partial charge on any atom is 0.305 e. The summed E-state index contributed by atoms with van der Waals surface area (Å²) in [6.45, 7) is 2.53. The Labute approximate surface area is 204 Å². The highest BCUT2D eigenvalue weighted by atomic mass is 32.2. The Bertz CT molecular complexity index is 1090. The van der Waals surface area contributed by atoms with Gasteiger partial charge in [0, 0.05) is 16.8 Å². The molecule has 7 nitrogen and oxygen atoms in total. The molecule has 0 saturated heterocycles. The number of hydrogen-bond donors (Lipinski definition) is 3. The van der Waals surface area contributed by atoms with Crippen LogP contribution in [0.5, 0.6) is 0 Å². The fourth-order valence-corrected chi connectivity index (χ4v) is 4.62. The van der Waals surface area contributed by atoms with Crippen LogP contribution in [0.25, 0.3) is 0 Å². The molecule has 0 radical (unpaired) electrons. The molecule has 2 aromatic carbocycles. The minimum absolute atomic E-state index is 0.301. The summed E-state index contributed by atoms with van der Waals surface area (Å²) in [5.74, 6) is 5.16. The van der Waals surface area contributed by atoms with Gasteiger partial charge >= 0.3 is 5.97 Å². The second kappa shape index (κ2) is 12.6. The van der Waals surface area contributed by atoms with Crippen molar-refractivity contribution in [3.8, 4) is 11.8 Å². The summed E-state index contributed by atoms with van der Waals surface area (Å²) in [6.07, 6.45) is 4.43. The molecule has 2 aromatic rings. The quantitative estimate of drug-likeness (QED) is 0.243. The van der Waals surface area contributed by atoms with E-state index in [-0.39, 0.29) is 6.42 Å². The van der Waals surface area contributed by atoms with Gasteiger partial charge in [0.15, 0.2) is 0 Å². The smallest absolute Gasteiger partial charge is 0.305 e. The number of anilines is 1. The van der Waals surface area contributed by atoms with Crippen LogP contribution >= 0.6 is 0 Å². The maximum atomic E-state index is 12.5. The number of nitrogens with zero attached hydrogens (tertiary/aromatic N) is 1. The monoisotopic (exact) mass is 486 g/mol. The average molecular weight is 487 g/mol. The van der Waals surface area contributed by atoms with Crippen LogP contribution in [0.3, 0.4) is 0 Å². The van der Waals surface area contributed by atoms with Crippen molar-refractivity contribution in [3.63, 3.8) is 0 Å². The summed E-state index contributed by atoms with van der Waals surface area (Å²) in [7, 11) is 1.68. The molecule has 0 unspecified atom stereocenters. The van der Waals surface area contributed by atoms with E-state index in [4.69, 9.17) is 5.11 Å². The highest BCUT2D eigenvalue weighted by molar-refractivity contribution is 7.90. The second-order valence-corrected chi connectivity index (χ2v) is 10.9. The molecule has 8 heteroatoms. The molecule has 0 spiro atoms. The second-order valence-electron chi connectivity index (χ2n) is 9.47. The van der Waals surface area contributed by atoms with Crippen LogP contribution < -0.4 is 9.44 Å². The molecule has 0 saturated carbocycles. The van der Waals surface area contributed by atoms with Crippen molar-refractivity contribution >= 4 is 21.9 Å². The molecule has 0 amide bonds. The Morgan fingerprint density at radius 3 is 2.03 bits per heavy atom. The van der Waals surface area contributed by atoms with Crippen LogP contribution in [0.4, 0.5) is 5.69 Å². The number of benzene rings is 2. The Balaban J connectivity index is 1.99. The van der Waals surface area contributed by atoms with E-state index in [9.17, 15) is 13.2 Å². The van der Waals surface area contributed by atoms with Crippen LogP contribution in [0, 0.1) is 11.8 Å². The molecule has 3 N–H and O–H groups in total. The number of nitrogens with one attached hydrogen (secondary N) is 2. The fourth-order valence-electron chi connectivity index (χ4n) is 3.52. The third kappa shape index (κ3) is 10.8. The molecule has 0 aliphatic heterocycles. The van der Waals surface area contributed by atoms with Gasteiger partial charge in [0.25, 0.3) is 10.2 Å². The summed E-state index contributed by atoms with van der Waals surface area (Å²) in [6, 6.07) is 14.3. The number of rotatable bonds is 12. The predicted molar refractivity (Wildman–Crippen MR) is 137 cm³/mol. The first-order valence-electron chi connectivity index (χ1n) is 11.5. The molecular formula is C26H36N3O4S+. The van der Waals surface area contributed by atoms with Crippen molar-refractivity contribution < 1.29 is 22.8 Å². The van der Waals surface area contributed by atoms with Crippen LogP contribution in [-0.2, 0) is 21.4 Å². The zero-order valence-corrected chi connectivity index (χ0v) is 21.3. The topological polar surface area (TPSA) is 95.5 Å². The van der Waals surface area contributed by atoms with Gasteiger partial charge in [-0.25, -0.2) is 0 Å². The van der Waals surface area contributed by atoms with E-state index >= 15 is 0 Å². The highest BCUT2D eigenvalue weighted by Crippen LogP contribution is 2.12. The van der Waals surface area contributed by atoms with Crippen molar-refractivity contribution in [2.45, 2.75) is 45.1 Å². The summed E-state index contributed by atoms with van der Waals surface area (Å²) >= 11 is 0. The number of carboxylic acid groups (broad SMARTS) is 1. The third-order valence-electron chi connectivity index (χ3n) is 5.02. The number of carboxylic acids is 1. The van der Waals surface area contributed by atoms with E-state index in [0.717, 1.165) is 17.5 Å². The molecule has 0 bridgehead atoms. The van der Waals surface area contributed by atoms with Crippen molar-refractivity contribution in [1.29, 1.82) is 0 Å². The van der Waals surface area contributed by atoms with Gasteiger partial charge in [0.05, 0.1) is 40.2 Å². The van der Waals surface area contributed by atoms with Crippen LogP contribution in [-0.4, -0.2) is 57.7 Å². The number of likely N-dealkylation sites (N-methyl/N-ethyl adjacent to an activating group) is 1. The standard InChI is InChI=1S/C26H35N3O4S/c1-5-6-7-8-21-9-11-22(12-10-21)13-14-23-15-17-24(18-16-23)27-34(32,33)28-25(19-26(30)31)20-29(2,3)4/h9-12,15-18,25,27-28H,5-8,19-20H2,1-4H3/p+1/t25-/m1/s1. The lowest BCUT2D eigenvalue weighted by molar-refractivity contribution is -0.871. The molecule has 2 rings (SSSR count). The first-order chi connectivity index (χ1) is 16.0. The van der Waals surface area contributed by atoms with Crippen molar-refractivity contribution in [2.24, 2.45) is 0 Å². The number of hydrogen-bond acceptors (Lipinski definition) is 3. The van der Waals surface area contributed by atoms with Crippen LogP contribution in [0.1, 0.15) is 49.3 Å². The lowest BCUT2D eigenvalue weighted by Gasteiger charge is -2.29. The summed E-state index contributed by atoms with van der Waals surface area (Å²) in [5.41, 5.74) is 3.37. The number of carbonyl (C=O) groups is 1. The molecule has 0 aliphatic rings. The van der Waals surface area contributed by atoms with E-state index in [1.54, 1.807) is 24.3 Å². The number of unbranched alkanes of at least 4 members (excludes halogenated alkanes) is 2. The Kier molecular flexibility index (Phi) is 10.1. The van der Waals surface area contributed by atoms with Gasteiger partial charge in [0.2, 0.25) is 0 Å². The number of quaternary nitrogens is 1. The van der Waals surface area contributed by atoms with Crippen molar-refractivity contribution in [1.82, 2.24) is 4.72 Å². The lowest BCUT2D eigenvalue weighted by atomic mass is 10.1. The van der Waals surface area contributed by atoms with Crippen molar-refractivity contribution in [2.75, 3.05) is 32.4 Å². The Morgan fingerprint density at radius 1 is 0.971 bits per heavy atom. The van der Waals surface area contributed by atoms with E-state index < -0.39 is 22.2 Å². The first kappa shape index (κ1) is 27.4. The minimum Gasteiger partial charge on any atom is -0.481 e. The zero-order valence-electron chi connectivity index (χ0n) is 20.5. The van der Waals surface area contributed by atoms with Gasteiger partial charge in [0.1, 0.15) is 0 Å². The van der Waals surface area contributed by atoms with Gasteiger partial charge in [-0.05, 0) is 54.8 Å². The molecule has 0 heterocycles. The first-order valence-corrected chi connectivity index (χ1v) is 13.0. The lowest BCUT2D eigenvalue weighted by Crippen LogP contribution is -2.50. The summed E-state index contributed by atoms with van der Waals surface area (Å²) < 4.78 is 30.4. The van der Waals surface area contributed by atoms with Gasteiger partial charge in [-0.15, -0.1) is 0 Å². The Hall–Kier alpha value is -2.86. The van der Waals surface area contributed by atoms with Gasteiger partial charge < -0.3 is 9.59 Å². The fraction of sp³-hybridized carbons (Fsp3) is 0.423. The van der Waals surface area contributed by atoms with Crippen LogP contribution in [0.2, 0.25) is 0 Å². The maximum absolute atomic E-state index is 12.5. The number of aryl methyl sites for hydroxylation is 1. The normalized spacial score (nSPS) is 12.5.